The minimum atomic E-state index is 0.663. The molecule has 1 unspecified atom stereocenters. The molecule has 0 bridgehead atoms. The Bertz CT molecular complexity index is 268. The monoisotopic (exact) mass is 233 g/mol. The van der Waals surface area contributed by atoms with Gasteiger partial charge in [-0.05, 0) is 31.9 Å². The second kappa shape index (κ2) is 9.23. The summed E-state index contributed by atoms with van der Waals surface area (Å²) >= 11 is 0. The Balaban J connectivity index is 2.02. The van der Waals surface area contributed by atoms with E-state index in [1.807, 2.05) is 0 Å². The predicted octanol–water partition coefficient (Wildman–Crippen LogP) is 4.18. The highest BCUT2D eigenvalue weighted by Crippen LogP contribution is 2.05. The molecule has 0 saturated heterocycles. The summed E-state index contributed by atoms with van der Waals surface area (Å²) in [5, 5.41) is 3.61. The molecule has 1 heteroatoms. The Kier molecular flexibility index (Phi) is 7.74. The fraction of sp³-hybridized carbons (Fsp3) is 0.625. The van der Waals surface area contributed by atoms with E-state index in [2.05, 4.69) is 49.5 Å². The van der Waals surface area contributed by atoms with Crippen molar-refractivity contribution in [2.75, 3.05) is 6.54 Å². The van der Waals surface area contributed by atoms with Crippen molar-refractivity contribution < 1.29 is 0 Å². The van der Waals surface area contributed by atoms with Crippen LogP contribution in [-0.4, -0.2) is 12.6 Å². The second-order valence-corrected chi connectivity index (χ2v) is 4.94. The van der Waals surface area contributed by atoms with Gasteiger partial charge in [0.25, 0.3) is 0 Å². The van der Waals surface area contributed by atoms with E-state index in [0.29, 0.717) is 6.04 Å². The molecule has 0 fully saturated rings. The van der Waals surface area contributed by atoms with Gasteiger partial charge in [0.2, 0.25) is 0 Å². The number of nitrogens with one attached hydrogen (secondary N) is 1. The minimum absolute atomic E-state index is 0.663. The lowest BCUT2D eigenvalue weighted by atomic mass is 10.1. The molecule has 0 heterocycles. The fourth-order valence-corrected chi connectivity index (χ4v) is 2.09. The largest absolute Gasteiger partial charge is 0.314 e. The van der Waals surface area contributed by atoms with Gasteiger partial charge >= 0.3 is 0 Å². The van der Waals surface area contributed by atoms with Crippen molar-refractivity contribution in [2.45, 2.75) is 58.4 Å². The normalized spacial score (nSPS) is 12.6. The Morgan fingerprint density at radius 1 is 1.06 bits per heavy atom. The van der Waals surface area contributed by atoms with Gasteiger partial charge in [-0.3, -0.25) is 0 Å². The van der Waals surface area contributed by atoms with Crippen molar-refractivity contribution in [1.29, 1.82) is 0 Å². The molecule has 0 aliphatic rings. The third kappa shape index (κ3) is 7.17. The van der Waals surface area contributed by atoms with Crippen LogP contribution in [0.4, 0.5) is 0 Å². The molecule has 0 radical (unpaired) electrons. The predicted molar refractivity (Wildman–Crippen MR) is 76.4 cm³/mol. The highest BCUT2D eigenvalue weighted by atomic mass is 14.9. The SMILES string of the molecule is CCCCCCC(C)NCCc1ccccc1. The molecule has 0 aliphatic heterocycles. The average Bonchev–Trinajstić information content (AvgIpc) is 2.36. The van der Waals surface area contributed by atoms with E-state index < -0.39 is 0 Å². The van der Waals surface area contributed by atoms with Crippen LogP contribution in [0.5, 0.6) is 0 Å². The summed E-state index contributed by atoms with van der Waals surface area (Å²) in [5.74, 6) is 0. The lowest BCUT2D eigenvalue weighted by molar-refractivity contribution is 0.486. The van der Waals surface area contributed by atoms with E-state index in [1.54, 1.807) is 0 Å². The first-order valence-electron chi connectivity index (χ1n) is 7.10. The Morgan fingerprint density at radius 3 is 2.53 bits per heavy atom. The first kappa shape index (κ1) is 14.2. The van der Waals surface area contributed by atoms with Crippen molar-refractivity contribution in [3.8, 4) is 0 Å². The van der Waals surface area contributed by atoms with E-state index in [4.69, 9.17) is 0 Å². The summed E-state index contributed by atoms with van der Waals surface area (Å²) in [5.41, 5.74) is 1.43. The van der Waals surface area contributed by atoms with Gasteiger partial charge < -0.3 is 5.32 Å². The molecule has 0 aromatic heterocycles. The zero-order valence-corrected chi connectivity index (χ0v) is 11.4. The van der Waals surface area contributed by atoms with Gasteiger partial charge in [-0.2, -0.15) is 0 Å². The van der Waals surface area contributed by atoms with Crippen LogP contribution >= 0.6 is 0 Å². The number of unbranched alkanes of at least 4 members (excludes halogenated alkanes) is 3. The number of benzene rings is 1. The van der Waals surface area contributed by atoms with Crippen molar-refractivity contribution in [3.63, 3.8) is 0 Å². The van der Waals surface area contributed by atoms with Crippen LogP contribution in [0.1, 0.15) is 51.5 Å². The lowest BCUT2D eigenvalue weighted by Gasteiger charge is -2.13. The number of rotatable bonds is 9. The molecule has 1 rings (SSSR count). The standard InChI is InChI=1S/C16H27N/c1-3-4-5-7-10-15(2)17-14-13-16-11-8-6-9-12-16/h6,8-9,11-12,15,17H,3-5,7,10,13-14H2,1-2H3. The third-order valence-electron chi connectivity index (χ3n) is 3.24. The van der Waals surface area contributed by atoms with Crippen LogP contribution < -0.4 is 5.32 Å². The molecule has 1 N–H and O–H groups in total. The zero-order valence-electron chi connectivity index (χ0n) is 11.4. The van der Waals surface area contributed by atoms with Crippen LogP contribution in [0.3, 0.4) is 0 Å². The van der Waals surface area contributed by atoms with E-state index in [9.17, 15) is 0 Å². The summed E-state index contributed by atoms with van der Waals surface area (Å²) in [6, 6.07) is 11.4. The molecule has 1 aromatic carbocycles. The van der Waals surface area contributed by atoms with Gasteiger partial charge in [0, 0.05) is 6.04 Å². The lowest BCUT2D eigenvalue weighted by Crippen LogP contribution is -2.27. The Hall–Kier alpha value is -0.820. The maximum atomic E-state index is 3.61. The molecule has 0 saturated carbocycles. The van der Waals surface area contributed by atoms with Crippen LogP contribution in [0, 0.1) is 0 Å². The number of hydrogen-bond donors (Lipinski definition) is 1. The van der Waals surface area contributed by atoms with E-state index in [-0.39, 0.29) is 0 Å². The van der Waals surface area contributed by atoms with Crippen molar-refractivity contribution in [1.82, 2.24) is 5.32 Å². The van der Waals surface area contributed by atoms with Crippen LogP contribution in [0.25, 0.3) is 0 Å². The summed E-state index contributed by atoms with van der Waals surface area (Å²) < 4.78 is 0. The van der Waals surface area contributed by atoms with Crippen molar-refractivity contribution in [2.24, 2.45) is 0 Å². The molecule has 1 nitrogen and oxygen atoms in total. The summed E-state index contributed by atoms with van der Waals surface area (Å²) in [6.45, 7) is 5.66. The molecule has 1 atom stereocenters. The summed E-state index contributed by atoms with van der Waals surface area (Å²) in [7, 11) is 0. The number of hydrogen-bond acceptors (Lipinski definition) is 1. The van der Waals surface area contributed by atoms with E-state index >= 15 is 0 Å². The highest BCUT2D eigenvalue weighted by molar-refractivity contribution is 5.14. The molecular weight excluding hydrogens is 206 g/mol. The Morgan fingerprint density at radius 2 is 1.82 bits per heavy atom. The van der Waals surface area contributed by atoms with Crippen LogP contribution in [0.15, 0.2) is 30.3 Å². The molecule has 0 amide bonds. The second-order valence-electron chi connectivity index (χ2n) is 4.94. The van der Waals surface area contributed by atoms with Crippen molar-refractivity contribution in [3.05, 3.63) is 35.9 Å². The van der Waals surface area contributed by atoms with Gasteiger partial charge in [-0.25, -0.2) is 0 Å². The van der Waals surface area contributed by atoms with Crippen molar-refractivity contribution >= 4 is 0 Å². The van der Waals surface area contributed by atoms with Gasteiger partial charge in [-0.15, -0.1) is 0 Å². The van der Waals surface area contributed by atoms with Crippen LogP contribution in [0.2, 0.25) is 0 Å². The van der Waals surface area contributed by atoms with Gasteiger partial charge in [0.1, 0.15) is 0 Å². The topological polar surface area (TPSA) is 12.0 Å². The Labute approximate surface area is 107 Å². The maximum absolute atomic E-state index is 3.61. The first-order valence-corrected chi connectivity index (χ1v) is 7.10. The first-order chi connectivity index (χ1) is 8.33. The zero-order chi connectivity index (χ0) is 12.3. The molecule has 17 heavy (non-hydrogen) atoms. The van der Waals surface area contributed by atoms with Gasteiger partial charge in [0.05, 0.1) is 0 Å². The van der Waals surface area contributed by atoms with Gasteiger partial charge in [0.15, 0.2) is 0 Å². The minimum Gasteiger partial charge on any atom is -0.314 e. The highest BCUT2D eigenvalue weighted by Gasteiger charge is 2.00. The smallest absolute Gasteiger partial charge is 0.00388 e. The van der Waals surface area contributed by atoms with E-state index in [0.717, 1.165) is 13.0 Å². The third-order valence-corrected chi connectivity index (χ3v) is 3.24. The molecule has 0 spiro atoms. The summed E-state index contributed by atoms with van der Waals surface area (Å²) in [4.78, 5) is 0. The van der Waals surface area contributed by atoms with Crippen LogP contribution in [-0.2, 0) is 6.42 Å². The summed E-state index contributed by atoms with van der Waals surface area (Å²) in [6.07, 6.45) is 7.93. The van der Waals surface area contributed by atoms with Gasteiger partial charge in [-0.1, -0.05) is 62.9 Å². The molecule has 96 valence electrons. The average molecular weight is 233 g/mol. The molecule has 1 aromatic rings. The molecule has 0 aliphatic carbocycles. The van der Waals surface area contributed by atoms with E-state index in [1.165, 1.54) is 37.7 Å². The molecular formula is C16H27N. The maximum Gasteiger partial charge on any atom is 0.00388 e. The quantitative estimate of drug-likeness (QED) is 0.631. The fourth-order valence-electron chi connectivity index (χ4n) is 2.09.